The second-order valence-electron chi connectivity index (χ2n) is 17.2. The molecule has 3 saturated heterocycles. The van der Waals surface area contributed by atoms with Gasteiger partial charge in [-0.1, -0.05) is 108 Å². The predicted molar refractivity (Wildman–Crippen MR) is 236 cm³/mol. The highest BCUT2D eigenvalue weighted by Gasteiger charge is 2.53. The summed E-state index contributed by atoms with van der Waals surface area (Å²) in [4.78, 5) is 13.1. The third-order valence-corrected chi connectivity index (χ3v) is 12.0. The fraction of sp³-hybridized carbons (Fsp3) is 0.848. The number of amides is 1. The van der Waals surface area contributed by atoms with Crippen LogP contribution in [0.15, 0.2) is 36.5 Å². The van der Waals surface area contributed by atoms with Gasteiger partial charge < -0.3 is 89.9 Å². The maximum Gasteiger partial charge on any atom is 0.220 e. The second kappa shape index (κ2) is 31.9. The smallest absolute Gasteiger partial charge is 0.220 e. The van der Waals surface area contributed by atoms with Gasteiger partial charge in [0.25, 0.3) is 0 Å². The Labute approximate surface area is 383 Å². The van der Waals surface area contributed by atoms with Crippen molar-refractivity contribution in [2.45, 2.75) is 221 Å². The van der Waals surface area contributed by atoms with Crippen LogP contribution in [0.3, 0.4) is 0 Å². The minimum atomic E-state index is -1.98. The van der Waals surface area contributed by atoms with Crippen molar-refractivity contribution in [3.63, 3.8) is 0 Å². The number of ether oxygens (including phenoxy) is 6. The van der Waals surface area contributed by atoms with Gasteiger partial charge in [0, 0.05) is 6.42 Å². The SMILES string of the molecule is C/C=C/CC/C=C/CC/C=C/C(O)C(COC1OC(CO)C(OC2OC(CO)C(OC3OC(CO)C(O)C(O)C3O)C(O)C2O)C(O)C1O)NC(=O)CCCCCCCCCCCCC. The summed E-state index contributed by atoms with van der Waals surface area (Å²) in [6, 6.07) is -0.988. The van der Waals surface area contributed by atoms with Crippen LogP contribution in [0.1, 0.15) is 117 Å². The van der Waals surface area contributed by atoms with Crippen LogP contribution >= 0.6 is 0 Å². The normalized spacial score (nSPS) is 34.4. The monoisotopic (exact) mass is 936 g/mol. The first kappa shape index (κ1) is 57.3. The van der Waals surface area contributed by atoms with E-state index in [1.165, 1.54) is 44.9 Å². The largest absolute Gasteiger partial charge is 0.394 e. The van der Waals surface area contributed by atoms with Crippen molar-refractivity contribution in [1.82, 2.24) is 5.32 Å². The maximum atomic E-state index is 13.1. The summed E-state index contributed by atoms with van der Waals surface area (Å²) in [6.07, 6.45) is 0.603. The van der Waals surface area contributed by atoms with Gasteiger partial charge >= 0.3 is 0 Å². The zero-order valence-corrected chi connectivity index (χ0v) is 38.2. The molecule has 19 heteroatoms. The summed E-state index contributed by atoms with van der Waals surface area (Å²) in [5, 5.41) is 119. The van der Waals surface area contributed by atoms with Gasteiger partial charge in [-0.15, -0.1) is 0 Å². The lowest BCUT2D eigenvalue weighted by molar-refractivity contribution is -0.379. The summed E-state index contributed by atoms with van der Waals surface area (Å²) < 4.78 is 33.9. The van der Waals surface area contributed by atoms with Crippen LogP contribution in [0.4, 0.5) is 0 Å². The van der Waals surface area contributed by atoms with E-state index >= 15 is 0 Å². The minimum Gasteiger partial charge on any atom is -0.394 e. The van der Waals surface area contributed by atoms with Crippen molar-refractivity contribution < 1.29 is 89.4 Å². The second-order valence-corrected chi connectivity index (χ2v) is 17.2. The number of hydrogen-bond acceptors (Lipinski definition) is 18. The van der Waals surface area contributed by atoms with E-state index in [1.54, 1.807) is 12.2 Å². The number of hydrogen-bond donors (Lipinski definition) is 12. The lowest BCUT2D eigenvalue weighted by Crippen LogP contribution is -2.66. The van der Waals surface area contributed by atoms with Crippen molar-refractivity contribution in [1.29, 1.82) is 0 Å². The van der Waals surface area contributed by atoms with Gasteiger partial charge in [-0.2, -0.15) is 0 Å². The molecule has 3 rings (SSSR count). The van der Waals surface area contributed by atoms with E-state index in [1.807, 2.05) is 13.0 Å². The third kappa shape index (κ3) is 18.8. The van der Waals surface area contributed by atoms with Crippen molar-refractivity contribution >= 4 is 5.91 Å². The summed E-state index contributed by atoms with van der Waals surface area (Å²) in [6.45, 7) is 1.38. The molecule has 1 amide bonds. The highest BCUT2D eigenvalue weighted by atomic mass is 16.8. The molecule has 0 radical (unpaired) electrons. The summed E-state index contributed by atoms with van der Waals surface area (Å²) in [7, 11) is 0. The Balaban J connectivity index is 1.60. The number of carbonyl (C=O) groups is 1. The Hall–Kier alpha value is -1.99. The predicted octanol–water partition coefficient (Wildman–Crippen LogP) is 0.247. The van der Waals surface area contributed by atoms with E-state index in [0.717, 1.165) is 38.5 Å². The molecule has 0 aliphatic carbocycles. The standard InChI is InChI=1S/C46H81NO18/c1-3-5-7-9-11-13-14-16-18-20-22-24-34(52)47-29(30(51)23-21-19-17-15-12-10-8-6-4-2)28-60-44-40(58)37(55)42(32(26-49)62-44)65-46-41(59)38(56)43(33(27-50)63-46)64-45-39(57)36(54)35(53)31(25-48)61-45/h4,6,12,15,21,23,29-33,35-46,48-51,53-59H,3,5,7-11,13-14,16-20,22,24-28H2,1-2H3,(H,47,52)/b6-4+,15-12+,23-21+. The van der Waals surface area contributed by atoms with Gasteiger partial charge in [-0.25, -0.2) is 0 Å². The number of nitrogens with one attached hydrogen (secondary N) is 1. The van der Waals surface area contributed by atoms with Crippen LogP contribution in [-0.2, 0) is 33.2 Å². The molecule has 0 aromatic heterocycles. The van der Waals surface area contributed by atoms with Crippen LogP contribution in [0.5, 0.6) is 0 Å². The molecule has 3 aliphatic heterocycles. The molecule has 3 heterocycles. The van der Waals surface area contributed by atoms with Crippen LogP contribution in [0.25, 0.3) is 0 Å². The molecule has 0 saturated carbocycles. The van der Waals surface area contributed by atoms with E-state index < -0.39 is 124 Å². The third-order valence-electron chi connectivity index (χ3n) is 12.0. The quantitative estimate of drug-likeness (QED) is 0.0328. The molecule has 3 fully saturated rings. The van der Waals surface area contributed by atoms with Crippen LogP contribution in [0, 0.1) is 0 Å². The highest BCUT2D eigenvalue weighted by molar-refractivity contribution is 5.76. The van der Waals surface area contributed by atoms with Crippen LogP contribution < -0.4 is 5.32 Å². The van der Waals surface area contributed by atoms with E-state index in [-0.39, 0.29) is 18.9 Å². The number of carbonyl (C=O) groups excluding carboxylic acids is 1. The van der Waals surface area contributed by atoms with Gasteiger partial charge in [0.2, 0.25) is 5.91 Å². The maximum absolute atomic E-state index is 13.1. The number of unbranched alkanes of at least 4 members (excludes halogenated alkanes) is 12. The first-order valence-corrected chi connectivity index (χ1v) is 23.7. The number of allylic oxidation sites excluding steroid dienone is 5. The molecule has 0 aromatic carbocycles. The molecule has 0 aromatic rings. The summed E-state index contributed by atoms with van der Waals surface area (Å²) in [5.74, 6) is -0.298. The zero-order chi connectivity index (χ0) is 47.7. The topological polar surface area (TPSA) is 307 Å². The van der Waals surface area contributed by atoms with E-state index in [4.69, 9.17) is 28.4 Å². The van der Waals surface area contributed by atoms with Gasteiger partial charge in [-0.3, -0.25) is 4.79 Å². The lowest BCUT2D eigenvalue weighted by Gasteiger charge is -2.48. The molecule has 0 spiro atoms. The fourth-order valence-corrected chi connectivity index (χ4v) is 7.99. The molecule has 65 heavy (non-hydrogen) atoms. The van der Waals surface area contributed by atoms with Crippen molar-refractivity contribution in [3.05, 3.63) is 36.5 Å². The highest BCUT2D eigenvalue weighted by Crippen LogP contribution is 2.33. The zero-order valence-electron chi connectivity index (χ0n) is 38.2. The van der Waals surface area contributed by atoms with Gasteiger partial charge in [-0.05, 0) is 39.0 Å². The molecule has 0 bridgehead atoms. The van der Waals surface area contributed by atoms with Crippen molar-refractivity contribution in [2.24, 2.45) is 0 Å². The first-order chi connectivity index (χ1) is 31.3. The van der Waals surface area contributed by atoms with E-state index in [0.29, 0.717) is 12.8 Å². The van der Waals surface area contributed by atoms with Crippen molar-refractivity contribution in [2.75, 3.05) is 26.4 Å². The lowest BCUT2D eigenvalue weighted by atomic mass is 9.96. The van der Waals surface area contributed by atoms with Crippen molar-refractivity contribution in [3.8, 4) is 0 Å². The summed E-state index contributed by atoms with van der Waals surface area (Å²) >= 11 is 0. The summed E-state index contributed by atoms with van der Waals surface area (Å²) in [5.41, 5.74) is 0. The first-order valence-electron chi connectivity index (χ1n) is 23.7. The van der Waals surface area contributed by atoms with Crippen LogP contribution in [-0.4, -0.2) is 193 Å². The Morgan fingerprint density at radius 1 is 0.569 bits per heavy atom. The van der Waals surface area contributed by atoms with Gasteiger partial charge in [0.05, 0.1) is 38.6 Å². The molecule has 19 nitrogen and oxygen atoms in total. The molecule has 17 unspecified atom stereocenters. The van der Waals surface area contributed by atoms with Gasteiger partial charge in [0.1, 0.15) is 73.2 Å². The average Bonchev–Trinajstić information content (AvgIpc) is 3.30. The van der Waals surface area contributed by atoms with Gasteiger partial charge in [0.15, 0.2) is 18.9 Å². The number of rotatable bonds is 31. The minimum absolute atomic E-state index is 0.233. The van der Waals surface area contributed by atoms with E-state index in [2.05, 4.69) is 30.5 Å². The molecule has 17 atom stereocenters. The number of aliphatic hydroxyl groups excluding tert-OH is 11. The Bertz CT molecular complexity index is 1350. The Kier molecular flexibility index (Phi) is 28.2. The van der Waals surface area contributed by atoms with E-state index in [9.17, 15) is 61.0 Å². The fourth-order valence-electron chi connectivity index (χ4n) is 7.99. The Morgan fingerprint density at radius 2 is 1.02 bits per heavy atom. The average molecular weight is 936 g/mol. The molecular formula is C46H81NO18. The van der Waals surface area contributed by atoms with Crippen LogP contribution in [0.2, 0.25) is 0 Å². The molecule has 3 aliphatic rings. The molecule has 378 valence electrons. The molecular weight excluding hydrogens is 854 g/mol. The Morgan fingerprint density at radius 3 is 1.54 bits per heavy atom. The molecule has 12 N–H and O–H groups in total. The number of aliphatic hydroxyl groups is 11.